The first kappa shape index (κ1) is 16.2. The number of nitrogens with zero attached hydrogens (tertiary/aromatic N) is 1. The fourth-order valence-corrected chi connectivity index (χ4v) is 8.46. The minimum atomic E-state index is -3.50. The zero-order valence-electron chi connectivity index (χ0n) is 11.9. The number of hydrogen-bond acceptors (Lipinski definition) is 3. The zero-order chi connectivity index (χ0) is 14.6. The Labute approximate surface area is 129 Å². The van der Waals surface area contributed by atoms with Gasteiger partial charge in [0.15, 0.2) is 4.58 Å². The second-order valence-electron chi connectivity index (χ2n) is 4.91. The second kappa shape index (κ2) is 7.20. The van der Waals surface area contributed by atoms with Gasteiger partial charge in [-0.1, -0.05) is 42.1 Å². The highest BCUT2D eigenvalue weighted by atomic mass is 32.3. The van der Waals surface area contributed by atoms with E-state index in [1.807, 2.05) is 30.8 Å². The van der Waals surface area contributed by atoms with E-state index in [9.17, 15) is 8.42 Å². The van der Waals surface area contributed by atoms with E-state index < -0.39 is 10.0 Å². The molecule has 0 radical (unpaired) electrons. The van der Waals surface area contributed by atoms with E-state index in [1.54, 1.807) is 12.1 Å². The van der Waals surface area contributed by atoms with Crippen LogP contribution in [0.3, 0.4) is 0 Å². The van der Waals surface area contributed by atoms with Crippen molar-refractivity contribution in [1.82, 2.24) is 0 Å². The fourth-order valence-electron chi connectivity index (χ4n) is 2.05. The Balaban J connectivity index is 2.12. The molecule has 0 saturated carbocycles. The summed E-state index contributed by atoms with van der Waals surface area (Å²) in [4.78, 5) is 0.321. The van der Waals surface area contributed by atoms with Gasteiger partial charge in [-0.3, -0.25) is 0 Å². The van der Waals surface area contributed by atoms with Crippen LogP contribution in [-0.2, 0) is 21.1 Å². The standard InChI is InChI=1S/C14H21NO2S3/c1-3-5-14-18-10-4-11-19(14)15-20(16,17)13-8-6-12(2)7-9-13/h6-9,14H,3-5,10-11H2,1-2H3/t14-,19?/m1/s1. The molecule has 1 fully saturated rings. The van der Waals surface area contributed by atoms with Crippen LogP contribution in [0.2, 0.25) is 0 Å². The Bertz CT molecular complexity index is 526. The Morgan fingerprint density at radius 3 is 2.70 bits per heavy atom. The fraction of sp³-hybridized carbons (Fsp3) is 0.571. The van der Waals surface area contributed by atoms with E-state index in [4.69, 9.17) is 0 Å². The number of hydrogen-bond donors (Lipinski definition) is 0. The number of aryl methyl sites for hydroxylation is 1. The topological polar surface area (TPSA) is 48.2 Å². The van der Waals surface area contributed by atoms with Crippen molar-refractivity contribution in [2.75, 3.05) is 11.5 Å². The summed E-state index contributed by atoms with van der Waals surface area (Å²) in [5, 5.41) is 0. The predicted molar refractivity (Wildman–Crippen MR) is 89.7 cm³/mol. The summed E-state index contributed by atoms with van der Waals surface area (Å²) in [6, 6.07) is 6.96. The molecule has 1 aliphatic heterocycles. The van der Waals surface area contributed by atoms with E-state index in [1.165, 1.54) is 0 Å². The van der Waals surface area contributed by atoms with E-state index in [2.05, 4.69) is 11.1 Å². The van der Waals surface area contributed by atoms with Crippen molar-refractivity contribution >= 4 is 32.9 Å². The molecule has 0 aliphatic carbocycles. The monoisotopic (exact) mass is 331 g/mol. The van der Waals surface area contributed by atoms with Crippen LogP contribution in [0, 0.1) is 6.92 Å². The molecule has 3 nitrogen and oxygen atoms in total. The number of sulfonamides is 1. The summed E-state index contributed by atoms with van der Waals surface area (Å²) in [5.41, 5.74) is 1.06. The maximum absolute atomic E-state index is 12.4. The number of rotatable bonds is 5. The SMILES string of the molecule is CCC[C@@H]1SCCC[S+]1[N-]S(=O)(=O)c1ccc(C)cc1. The van der Waals surface area contributed by atoms with Gasteiger partial charge in [-0.2, -0.15) is 0 Å². The highest BCUT2D eigenvalue weighted by Gasteiger charge is 2.30. The summed E-state index contributed by atoms with van der Waals surface area (Å²) >= 11 is 1.53. The van der Waals surface area contributed by atoms with Crippen LogP contribution < -0.4 is 0 Å². The van der Waals surface area contributed by atoms with Crippen molar-refractivity contribution in [3.05, 3.63) is 34.0 Å². The Kier molecular flexibility index (Phi) is 5.84. The average molecular weight is 332 g/mol. The normalized spacial score (nSPS) is 23.7. The van der Waals surface area contributed by atoms with Crippen LogP contribution in [0.4, 0.5) is 0 Å². The quantitative estimate of drug-likeness (QED) is 0.770. The molecule has 6 heteroatoms. The smallest absolute Gasteiger partial charge is 0.152 e. The minimum absolute atomic E-state index is 0.321. The van der Waals surface area contributed by atoms with Crippen LogP contribution in [0.15, 0.2) is 29.2 Å². The van der Waals surface area contributed by atoms with Crippen molar-refractivity contribution in [2.24, 2.45) is 0 Å². The molecule has 1 heterocycles. The van der Waals surface area contributed by atoms with Crippen LogP contribution in [-0.4, -0.2) is 24.5 Å². The maximum atomic E-state index is 12.4. The van der Waals surface area contributed by atoms with Crippen LogP contribution in [0.25, 0.3) is 4.13 Å². The largest absolute Gasteiger partial charge is 0.311 e. The van der Waals surface area contributed by atoms with Gasteiger partial charge >= 0.3 is 0 Å². The van der Waals surface area contributed by atoms with Crippen molar-refractivity contribution in [3.8, 4) is 0 Å². The molecule has 1 unspecified atom stereocenters. The molecule has 0 spiro atoms. The molecule has 112 valence electrons. The minimum Gasteiger partial charge on any atom is -0.311 e. The molecule has 1 aromatic rings. The van der Waals surface area contributed by atoms with Gasteiger partial charge in [0.1, 0.15) is 10.0 Å². The van der Waals surface area contributed by atoms with E-state index in [0.717, 1.165) is 36.3 Å². The summed E-state index contributed by atoms with van der Waals surface area (Å²) in [6.45, 7) is 4.09. The van der Waals surface area contributed by atoms with Gasteiger partial charge in [0.2, 0.25) is 0 Å². The van der Waals surface area contributed by atoms with E-state index in [-0.39, 0.29) is 11.1 Å². The molecule has 20 heavy (non-hydrogen) atoms. The number of thioether (sulfide) groups is 1. The second-order valence-corrected chi connectivity index (χ2v) is 10.3. The van der Waals surface area contributed by atoms with Crippen molar-refractivity contribution in [2.45, 2.75) is 42.6 Å². The van der Waals surface area contributed by atoms with Gasteiger partial charge in [-0.05, 0) is 19.1 Å². The van der Waals surface area contributed by atoms with Gasteiger partial charge in [0, 0.05) is 18.6 Å². The first-order valence-corrected chi connectivity index (χ1v) is 10.8. The maximum Gasteiger partial charge on any atom is 0.152 e. The molecule has 2 rings (SSSR count). The third-order valence-electron chi connectivity index (χ3n) is 3.14. The van der Waals surface area contributed by atoms with E-state index >= 15 is 0 Å². The summed E-state index contributed by atoms with van der Waals surface area (Å²) in [7, 11) is -3.50. The lowest BCUT2D eigenvalue weighted by Gasteiger charge is -2.31. The molecule has 1 saturated heterocycles. The third-order valence-corrected chi connectivity index (χ3v) is 9.32. The zero-order valence-corrected chi connectivity index (χ0v) is 14.4. The van der Waals surface area contributed by atoms with E-state index in [0.29, 0.717) is 9.48 Å². The first-order chi connectivity index (χ1) is 9.53. The van der Waals surface area contributed by atoms with Gasteiger partial charge < -0.3 is 4.13 Å². The Morgan fingerprint density at radius 1 is 1.35 bits per heavy atom. The van der Waals surface area contributed by atoms with Crippen molar-refractivity contribution < 1.29 is 8.42 Å². The average Bonchev–Trinajstić information content (AvgIpc) is 2.41. The summed E-state index contributed by atoms with van der Waals surface area (Å²) < 4.78 is 29.4. The molecule has 0 N–H and O–H groups in total. The van der Waals surface area contributed by atoms with Gasteiger partial charge in [-0.25, -0.2) is 8.42 Å². The van der Waals surface area contributed by atoms with Gasteiger partial charge in [0.25, 0.3) is 0 Å². The van der Waals surface area contributed by atoms with Crippen molar-refractivity contribution in [1.29, 1.82) is 0 Å². The summed E-state index contributed by atoms with van der Waals surface area (Å²) in [5.74, 6) is 2.05. The van der Waals surface area contributed by atoms with Crippen LogP contribution in [0.5, 0.6) is 0 Å². The molecule has 0 amide bonds. The first-order valence-electron chi connectivity index (χ1n) is 6.89. The summed E-state index contributed by atoms with van der Waals surface area (Å²) in [6.07, 6.45) is 3.21. The molecule has 1 aliphatic rings. The molecule has 1 aromatic carbocycles. The highest BCUT2D eigenvalue weighted by Crippen LogP contribution is 2.36. The van der Waals surface area contributed by atoms with Crippen LogP contribution >= 0.6 is 11.8 Å². The Morgan fingerprint density at radius 2 is 2.05 bits per heavy atom. The van der Waals surface area contributed by atoms with Crippen LogP contribution in [0.1, 0.15) is 31.7 Å². The lowest BCUT2D eigenvalue weighted by atomic mass is 10.2. The van der Waals surface area contributed by atoms with Crippen molar-refractivity contribution in [3.63, 3.8) is 0 Å². The molecule has 0 bridgehead atoms. The molecular weight excluding hydrogens is 310 g/mol. The highest BCUT2D eigenvalue weighted by molar-refractivity contribution is 8.23. The molecular formula is C14H21NO2S3. The van der Waals surface area contributed by atoms with Gasteiger partial charge in [-0.15, -0.1) is 11.8 Å². The van der Waals surface area contributed by atoms with Gasteiger partial charge in [0.05, 0.1) is 10.6 Å². The number of benzene rings is 1. The Hall–Kier alpha value is -0.170. The lowest BCUT2D eigenvalue weighted by molar-refractivity contribution is 0.604. The third kappa shape index (κ3) is 4.16. The predicted octanol–water partition coefficient (Wildman–Crippen LogP) is 3.85. The molecule has 2 atom stereocenters. The molecule has 0 aromatic heterocycles. The lowest BCUT2D eigenvalue weighted by Crippen LogP contribution is -2.27.